The van der Waals surface area contributed by atoms with Gasteiger partial charge in [0, 0.05) is 17.9 Å². The summed E-state index contributed by atoms with van der Waals surface area (Å²) in [6.45, 7) is 0.529. The third kappa shape index (κ3) is 2.91. The average molecular weight is 305 g/mol. The average Bonchev–Trinajstić information content (AvgIpc) is 2.34. The van der Waals surface area contributed by atoms with E-state index in [0.29, 0.717) is 13.0 Å². The van der Waals surface area contributed by atoms with Crippen LogP contribution < -0.4 is 5.11 Å². The zero-order valence-corrected chi connectivity index (χ0v) is 10.3. The van der Waals surface area contributed by atoms with Crippen molar-refractivity contribution < 1.29 is 31.9 Å². The topological polar surface area (TPSA) is 65.9 Å². The molecule has 0 spiro atoms. The first-order valence-electron chi connectivity index (χ1n) is 5.49. The van der Waals surface area contributed by atoms with E-state index in [0.717, 1.165) is 12.1 Å². The summed E-state index contributed by atoms with van der Waals surface area (Å²) in [5, 5.41) is 10.6. The molecule has 0 aliphatic heterocycles. The van der Waals surface area contributed by atoms with Gasteiger partial charge in [-0.15, -0.1) is 0 Å². The molecule has 0 bridgehead atoms. The number of nitrogens with zero attached hydrogens (tertiary/aromatic N) is 2. The lowest BCUT2D eigenvalue weighted by atomic mass is 10.1. The number of carbonyl (C=O) groups is 1. The van der Waals surface area contributed by atoms with Crippen LogP contribution in [0.3, 0.4) is 0 Å². The second kappa shape index (κ2) is 4.61. The molecule has 0 aromatic carbocycles. The van der Waals surface area contributed by atoms with E-state index in [4.69, 9.17) is 0 Å². The SMILES string of the molecule is CC(F)(F)c1ccc2cc(C(=O)[O-])c(C(F)(F)F)nc2n1. The van der Waals surface area contributed by atoms with Crippen LogP contribution in [-0.4, -0.2) is 15.9 Å². The molecule has 0 aliphatic rings. The number of halogens is 5. The fourth-order valence-corrected chi connectivity index (χ4v) is 1.67. The third-order valence-electron chi connectivity index (χ3n) is 2.62. The number of carbonyl (C=O) groups excluding carboxylic acids is 1. The summed E-state index contributed by atoms with van der Waals surface area (Å²) in [5.41, 5.74) is -4.30. The summed E-state index contributed by atoms with van der Waals surface area (Å²) >= 11 is 0. The van der Waals surface area contributed by atoms with Gasteiger partial charge in [0.2, 0.25) is 0 Å². The van der Waals surface area contributed by atoms with Crippen LogP contribution in [0.5, 0.6) is 0 Å². The Kier molecular flexibility index (Phi) is 3.31. The highest BCUT2D eigenvalue weighted by Crippen LogP contribution is 2.33. The Hall–Kier alpha value is -2.32. The number of aromatic nitrogens is 2. The molecule has 0 N–H and O–H groups in total. The maximum absolute atomic E-state index is 13.1. The first-order valence-corrected chi connectivity index (χ1v) is 5.49. The zero-order valence-electron chi connectivity index (χ0n) is 10.3. The highest BCUT2D eigenvalue weighted by molar-refractivity contribution is 5.92. The highest BCUT2D eigenvalue weighted by atomic mass is 19.4. The number of carboxylic acid groups (broad SMARTS) is 1. The van der Waals surface area contributed by atoms with Gasteiger partial charge in [-0.3, -0.25) is 0 Å². The Labute approximate surface area is 114 Å². The molecule has 0 fully saturated rings. The van der Waals surface area contributed by atoms with E-state index >= 15 is 0 Å². The number of fused-ring (bicyclic) bond motifs is 1. The van der Waals surface area contributed by atoms with Gasteiger partial charge in [0.15, 0.2) is 11.3 Å². The molecule has 0 radical (unpaired) electrons. The van der Waals surface area contributed by atoms with Crippen LogP contribution in [0.4, 0.5) is 22.0 Å². The molecule has 0 saturated heterocycles. The fraction of sp³-hybridized carbons (Fsp3) is 0.250. The molecule has 0 saturated carbocycles. The Balaban J connectivity index is 2.77. The molecule has 112 valence electrons. The molecule has 2 aromatic heterocycles. The smallest absolute Gasteiger partial charge is 0.434 e. The van der Waals surface area contributed by atoms with Crippen molar-refractivity contribution in [2.75, 3.05) is 0 Å². The van der Waals surface area contributed by atoms with E-state index in [1.165, 1.54) is 0 Å². The largest absolute Gasteiger partial charge is 0.545 e. The molecule has 4 nitrogen and oxygen atoms in total. The van der Waals surface area contributed by atoms with Gasteiger partial charge in [0.05, 0.1) is 5.97 Å². The molecule has 0 atom stereocenters. The van der Waals surface area contributed by atoms with Crippen molar-refractivity contribution in [3.8, 4) is 0 Å². The molecular formula is C12H6F5N2O2-. The summed E-state index contributed by atoms with van der Waals surface area (Å²) < 4.78 is 64.4. The summed E-state index contributed by atoms with van der Waals surface area (Å²) in [7, 11) is 0. The van der Waals surface area contributed by atoms with Crippen molar-refractivity contribution in [2.45, 2.75) is 19.0 Å². The van der Waals surface area contributed by atoms with E-state index in [2.05, 4.69) is 9.97 Å². The lowest BCUT2D eigenvalue weighted by molar-refractivity contribution is -0.255. The molecule has 2 aromatic rings. The second-order valence-electron chi connectivity index (χ2n) is 4.30. The van der Waals surface area contributed by atoms with Gasteiger partial charge in [-0.05, 0) is 18.2 Å². The van der Waals surface area contributed by atoms with Crippen LogP contribution in [0.2, 0.25) is 0 Å². The Morgan fingerprint density at radius 3 is 2.24 bits per heavy atom. The maximum Gasteiger partial charge on any atom is 0.434 e. The molecular weight excluding hydrogens is 299 g/mol. The van der Waals surface area contributed by atoms with Crippen molar-refractivity contribution in [2.24, 2.45) is 0 Å². The van der Waals surface area contributed by atoms with Crippen LogP contribution >= 0.6 is 0 Å². The summed E-state index contributed by atoms with van der Waals surface area (Å²) in [4.78, 5) is 17.1. The standard InChI is InChI=1S/C12H7F5N2O2/c1-11(13,14)7-3-2-5-4-6(10(20)21)8(12(15,16)17)19-9(5)18-7/h2-4H,1H3,(H,20,21)/p-1. The highest BCUT2D eigenvalue weighted by Gasteiger charge is 2.36. The Morgan fingerprint density at radius 2 is 1.76 bits per heavy atom. The normalized spacial score (nSPS) is 12.7. The van der Waals surface area contributed by atoms with Gasteiger partial charge in [-0.25, -0.2) is 9.97 Å². The van der Waals surface area contributed by atoms with E-state index in [9.17, 15) is 31.9 Å². The number of alkyl halides is 5. The van der Waals surface area contributed by atoms with Crippen LogP contribution in [0, 0.1) is 0 Å². The number of hydrogen-bond donors (Lipinski definition) is 0. The van der Waals surface area contributed by atoms with Crippen molar-refractivity contribution >= 4 is 17.0 Å². The van der Waals surface area contributed by atoms with E-state index in [1.807, 2.05) is 0 Å². The van der Waals surface area contributed by atoms with Crippen molar-refractivity contribution in [3.05, 3.63) is 35.2 Å². The summed E-state index contributed by atoms with van der Waals surface area (Å²) in [5.74, 6) is -5.43. The first-order chi connectivity index (χ1) is 9.50. The predicted octanol–water partition coefficient (Wildman–Crippen LogP) is 2.12. The molecule has 2 heterocycles. The molecule has 0 amide bonds. The first kappa shape index (κ1) is 15.1. The Morgan fingerprint density at radius 1 is 1.14 bits per heavy atom. The minimum absolute atomic E-state index is 0.116. The van der Waals surface area contributed by atoms with Crippen molar-refractivity contribution in [1.29, 1.82) is 0 Å². The summed E-state index contributed by atoms with van der Waals surface area (Å²) in [6.07, 6.45) is -5.07. The number of carboxylic acids is 1. The minimum Gasteiger partial charge on any atom is -0.545 e. The number of pyridine rings is 2. The van der Waals surface area contributed by atoms with Gasteiger partial charge >= 0.3 is 6.18 Å². The summed E-state index contributed by atoms with van der Waals surface area (Å²) in [6, 6.07) is 2.55. The van der Waals surface area contributed by atoms with Crippen LogP contribution in [0.15, 0.2) is 18.2 Å². The maximum atomic E-state index is 13.1. The second-order valence-corrected chi connectivity index (χ2v) is 4.30. The van der Waals surface area contributed by atoms with E-state index < -0.39 is 40.7 Å². The lowest BCUT2D eigenvalue weighted by Gasteiger charge is -2.15. The van der Waals surface area contributed by atoms with Gasteiger partial charge in [0.25, 0.3) is 5.92 Å². The van der Waals surface area contributed by atoms with Gasteiger partial charge in [0.1, 0.15) is 5.69 Å². The monoisotopic (exact) mass is 305 g/mol. The minimum atomic E-state index is -5.07. The lowest BCUT2D eigenvalue weighted by Crippen LogP contribution is -2.27. The molecule has 0 aliphatic carbocycles. The van der Waals surface area contributed by atoms with Crippen LogP contribution in [-0.2, 0) is 12.1 Å². The predicted molar refractivity (Wildman–Crippen MR) is 58.4 cm³/mol. The zero-order chi connectivity index (χ0) is 16.0. The van der Waals surface area contributed by atoms with Crippen molar-refractivity contribution in [3.63, 3.8) is 0 Å². The number of rotatable bonds is 2. The van der Waals surface area contributed by atoms with Crippen LogP contribution in [0.1, 0.15) is 28.7 Å². The van der Waals surface area contributed by atoms with Crippen molar-refractivity contribution in [1.82, 2.24) is 9.97 Å². The molecule has 21 heavy (non-hydrogen) atoms. The third-order valence-corrected chi connectivity index (χ3v) is 2.62. The van der Waals surface area contributed by atoms with E-state index in [1.54, 1.807) is 0 Å². The van der Waals surface area contributed by atoms with Crippen LogP contribution in [0.25, 0.3) is 11.0 Å². The fourth-order valence-electron chi connectivity index (χ4n) is 1.67. The molecule has 0 unspecified atom stereocenters. The van der Waals surface area contributed by atoms with Gasteiger partial charge in [-0.1, -0.05) is 0 Å². The van der Waals surface area contributed by atoms with Gasteiger partial charge in [-0.2, -0.15) is 22.0 Å². The Bertz CT molecular complexity index is 722. The quantitative estimate of drug-likeness (QED) is 0.797. The number of aromatic carboxylic acids is 1. The van der Waals surface area contributed by atoms with E-state index in [-0.39, 0.29) is 5.39 Å². The molecule has 2 rings (SSSR count). The van der Waals surface area contributed by atoms with Gasteiger partial charge < -0.3 is 9.90 Å². The number of hydrogen-bond acceptors (Lipinski definition) is 4. The molecule has 9 heteroatoms.